The first-order valence-electron chi connectivity index (χ1n) is 9.20. The first-order valence-corrected chi connectivity index (χ1v) is 12.1. The maximum absolute atomic E-state index is 12.5. The van der Waals surface area contributed by atoms with E-state index in [2.05, 4.69) is 17.4 Å². The van der Waals surface area contributed by atoms with Crippen molar-refractivity contribution in [3.63, 3.8) is 0 Å². The summed E-state index contributed by atoms with van der Waals surface area (Å²) in [6.07, 6.45) is 1.18. The summed E-state index contributed by atoms with van der Waals surface area (Å²) in [5.41, 5.74) is 2.60. The minimum absolute atomic E-state index is 0.160. The Morgan fingerprint density at radius 2 is 1.55 bits per heavy atom. The number of rotatable bonds is 7. The van der Waals surface area contributed by atoms with Gasteiger partial charge in [0.15, 0.2) is 9.84 Å². The zero-order valence-corrected chi connectivity index (χ0v) is 18.0. The Kier molecular flexibility index (Phi) is 6.77. The quantitative estimate of drug-likeness (QED) is 0.549. The molecular formula is C23H23NO3S2. The second-order valence-electron chi connectivity index (χ2n) is 6.84. The molecule has 0 bridgehead atoms. The molecule has 1 atom stereocenters. The molecule has 0 saturated heterocycles. The zero-order chi connectivity index (χ0) is 20.9. The lowest BCUT2D eigenvalue weighted by molar-refractivity contribution is 0.0940. The van der Waals surface area contributed by atoms with Crippen LogP contribution in [0.4, 0.5) is 0 Å². The van der Waals surface area contributed by atoms with Crippen LogP contribution in [0.1, 0.15) is 34.5 Å². The third kappa shape index (κ3) is 5.95. The smallest absolute Gasteiger partial charge is 0.251 e. The lowest BCUT2D eigenvalue weighted by atomic mass is 10.1. The molecule has 29 heavy (non-hydrogen) atoms. The van der Waals surface area contributed by atoms with Crippen molar-refractivity contribution in [2.45, 2.75) is 28.5 Å². The number of carbonyl (C=O) groups excluding carboxylic acids is 1. The van der Waals surface area contributed by atoms with Gasteiger partial charge in [0.2, 0.25) is 0 Å². The third-order valence-electron chi connectivity index (χ3n) is 4.52. The summed E-state index contributed by atoms with van der Waals surface area (Å²) in [7, 11) is -3.23. The van der Waals surface area contributed by atoms with Gasteiger partial charge in [-0.1, -0.05) is 42.5 Å². The molecule has 0 aromatic heterocycles. The summed E-state index contributed by atoms with van der Waals surface area (Å²) in [6.45, 7) is 1.87. The van der Waals surface area contributed by atoms with Gasteiger partial charge in [-0.2, -0.15) is 0 Å². The van der Waals surface area contributed by atoms with Crippen LogP contribution in [0.3, 0.4) is 0 Å². The van der Waals surface area contributed by atoms with Crippen molar-refractivity contribution >= 4 is 27.5 Å². The standard InChI is InChI=1S/C23H23NO3S2/c1-17(19-12-14-22(15-13-19)29(2,26)27)24-23(25)20-10-8-18(9-11-20)16-28-21-6-4-3-5-7-21/h3-15,17H,16H2,1-2H3,(H,24,25)/t17-/m1/s1. The SMILES string of the molecule is C[C@@H](NC(=O)c1ccc(CSc2ccccc2)cc1)c1ccc(S(C)(=O)=O)cc1. The van der Waals surface area contributed by atoms with Crippen LogP contribution in [0.5, 0.6) is 0 Å². The highest BCUT2D eigenvalue weighted by atomic mass is 32.2. The first-order chi connectivity index (χ1) is 13.8. The van der Waals surface area contributed by atoms with E-state index in [4.69, 9.17) is 0 Å². The Hall–Kier alpha value is -2.57. The monoisotopic (exact) mass is 425 g/mol. The Morgan fingerprint density at radius 3 is 2.14 bits per heavy atom. The largest absolute Gasteiger partial charge is 0.346 e. The lowest BCUT2D eigenvalue weighted by Crippen LogP contribution is -2.26. The summed E-state index contributed by atoms with van der Waals surface area (Å²) in [5, 5.41) is 2.95. The summed E-state index contributed by atoms with van der Waals surface area (Å²) < 4.78 is 23.1. The van der Waals surface area contributed by atoms with Crippen molar-refractivity contribution in [1.29, 1.82) is 0 Å². The lowest BCUT2D eigenvalue weighted by Gasteiger charge is -2.15. The third-order valence-corrected chi connectivity index (χ3v) is 6.73. The molecule has 6 heteroatoms. The molecule has 3 aromatic carbocycles. The van der Waals surface area contributed by atoms with Gasteiger partial charge in [-0.15, -0.1) is 11.8 Å². The second-order valence-corrected chi connectivity index (χ2v) is 9.90. The normalized spacial score (nSPS) is 12.3. The van der Waals surface area contributed by atoms with Crippen molar-refractivity contribution in [2.24, 2.45) is 0 Å². The van der Waals surface area contributed by atoms with Crippen LogP contribution < -0.4 is 5.32 Å². The number of carbonyl (C=O) groups is 1. The highest BCUT2D eigenvalue weighted by Gasteiger charge is 2.13. The molecule has 0 saturated carbocycles. The number of hydrogen-bond acceptors (Lipinski definition) is 4. The van der Waals surface area contributed by atoms with Crippen molar-refractivity contribution in [3.8, 4) is 0 Å². The topological polar surface area (TPSA) is 63.2 Å². The number of amides is 1. The van der Waals surface area contributed by atoms with Gasteiger partial charge < -0.3 is 5.32 Å². The van der Waals surface area contributed by atoms with E-state index in [9.17, 15) is 13.2 Å². The van der Waals surface area contributed by atoms with Gasteiger partial charge in [-0.05, 0) is 54.4 Å². The molecule has 0 aliphatic heterocycles. The van der Waals surface area contributed by atoms with Crippen LogP contribution in [0.25, 0.3) is 0 Å². The number of nitrogens with one attached hydrogen (secondary N) is 1. The molecule has 4 nitrogen and oxygen atoms in total. The molecule has 0 radical (unpaired) electrons. The van der Waals surface area contributed by atoms with Crippen molar-refractivity contribution in [2.75, 3.05) is 6.26 Å². The summed E-state index contributed by atoms with van der Waals surface area (Å²) in [4.78, 5) is 14.0. The molecule has 0 aliphatic carbocycles. The average Bonchev–Trinajstić information content (AvgIpc) is 2.73. The second kappa shape index (κ2) is 9.29. The van der Waals surface area contributed by atoms with E-state index in [0.717, 1.165) is 16.9 Å². The molecule has 1 N–H and O–H groups in total. The van der Waals surface area contributed by atoms with E-state index in [0.29, 0.717) is 5.56 Å². The minimum atomic E-state index is -3.23. The maximum atomic E-state index is 12.5. The Balaban J connectivity index is 1.58. The molecular weight excluding hydrogens is 402 g/mol. The van der Waals surface area contributed by atoms with Crippen molar-refractivity contribution in [3.05, 3.63) is 95.6 Å². The molecule has 1 amide bonds. The van der Waals surface area contributed by atoms with Crippen LogP contribution in [-0.4, -0.2) is 20.6 Å². The fourth-order valence-corrected chi connectivity index (χ4v) is 4.31. The number of hydrogen-bond donors (Lipinski definition) is 1. The average molecular weight is 426 g/mol. The van der Waals surface area contributed by atoms with Crippen LogP contribution >= 0.6 is 11.8 Å². The number of thioether (sulfide) groups is 1. The van der Waals surface area contributed by atoms with E-state index in [1.54, 1.807) is 36.0 Å². The minimum Gasteiger partial charge on any atom is -0.346 e. The number of sulfone groups is 1. The zero-order valence-electron chi connectivity index (χ0n) is 16.3. The highest BCUT2D eigenvalue weighted by Crippen LogP contribution is 2.22. The van der Waals surface area contributed by atoms with E-state index in [-0.39, 0.29) is 16.8 Å². The predicted octanol–water partition coefficient (Wildman–Crippen LogP) is 4.87. The van der Waals surface area contributed by atoms with Crippen LogP contribution in [0.2, 0.25) is 0 Å². The van der Waals surface area contributed by atoms with E-state index >= 15 is 0 Å². The van der Waals surface area contributed by atoms with Gasteiger partial charge in [-0.3, -0.25) is 4.79 Å². The van der Waals surface area contributed by atoms with E-state index < -0.39 is 9.84 Å². The fourth-order valence-electron chi connectivity index (χ4n) is 2.80. The number of benzene rings is 3. The van der Waals surface area contributed by atoms with Gasteiger partial charge in [0.05, 0.1) is 10.9 Å². The first kappa shape index (κ1) is 21.1. The summed E-state index contributed by atoms with van der Waals surface area (Å²) >= 11 is 1.76. The van der Waals surface area contributed by atoms with Crippen LogP contribution in [-0.2, 0) is 15.6 Å². The van der Waals surface area contributed by atoms with Gasteiger partial charge in [0.25, 0.3) is 5.91 Å². The van der Waals surface area contributed by atoms with Gasteiger partial charge >= 0.3 is 0 Å². The molecule has 0 heterocycles. The molecule has 0 fully saturated rings. The maximum Gasteiger partial charge on any atom is 0.251 e. The molecule has 0 spiro atoms. The van der Waals surface area contributed by atoms with E-state index in [1.165, 1.54) is 11.2 Å². The van der Waals surface area contributed by atoms with Gasteiger partial charge in [0, 0.05) is 22.5 Å². The van der Waals surface area contributed by atoms with Crippen molar-refractivity contribution < 1.29 is 13.2 Å². The molecule has 150 valence electrons. The highest BCUT2D eigenvalue weighted by molar-refractivity contribution is 7.98. The Bertz CT molecular complexity index is 1060. The summed E-state index contributed by atoms with van der Waals surface area (Å²) in [6, 6.07) is 24.1. The van der Waals surface area contributed by atoms with Crippen molar-refractivity contribution in [1.82, 2.24) is 5.32 Å². The van der Waals surface area contributed by atoms with Crippen LogP contribution in [0, 0.1) is 0 Å². The molecule has 3 rings (SSSR count). The van der Waals surface area contributed by atoms with Crippen LogP contribution in [0.15, 0.2) is 88.7 Å². The van der Waals surface area contributed by atoms with Gasteiger partial charge in [-0.25, -0.2) is 8.42 Å². The Labute approximate surface area is 176 Å². The fraction of sp³-hybridized carbons (Fsp3) is 0.174. The predicted molar refractivity (Wildman–Crippen MR) is 118 cm³/mol. The van der Waals surface area contributed by atoms with Gasteiger partial charge in [0.1, 0.15) is 0 Å². The molecule has 3 aromatic rings. The van der Waals surface area contributed by atoms with E-state index in [1.807, 2.05) is 49.4 Å². The Morgan fingerprint density at radius 1 is 0.931 bits per heavy atom. The summed E-state index contributed by atoms with van der Waals surface area (Å²) in [5.74, 6) is 0.682. The molecule has 0 unspecified atom stereocenters. The molecule has 0 aliphatic rings.